The molecule has 0 aliphatic heterocycles. The highest BCUT2D eigenvalue weighted by molar-refractivity contribution is 5.79. The molecule has 4 rings (SSSR count). The Labute approximate surface area is 148 Å². The zero-order chi connectivity index (χ0) is 17.1. The van der Waals surface area contributed by atoms with Gasteiger partial charge in [0.1, 0.15) is 5.76 Å². The van der Waals surface area contributed by atoms with Crippen LogP contribution in [0.1, 0.15) is 6.42 Å². The van der Waals surface area contributed by atoms with Crippen molar-refractivity contribution in [2.75, 3.05) is 0 Å². The molecule has 0 spiro atoms. The van der Waals surface area contributed by atoms with Gasteiger partial charge in [-0.25, -0.2) is 0 Å². The molecule has 4 aliphatic rings. The van der Waals surface area contributed by atoms with Gasteiger partial charge in [-0.05, 0) is 12.0 Å². The molecule has 0 aromatic heterocycles. The Balaban J connectivity index is 1.69. The summed E-state index contributed by atoms with van der Waals surface area (Å²) in [5.41, 5.74) is 2.28. The Morgan fingerprint density at radius 1 is 0.800 bits per heavy atom. The molecule has 2 heteroatoms. The fraction of sp³-hybridized carbons (Fsp3) is 0.174. The normalized spacial score (nSPS) is 26.8. The van der Waals surface area contributed by atoms with Gasteiger partial charge in [0, 0.05) is 17.4 Å². The first-order chi connectivity index (χ1) is 12.3. The summed E-state index contributed by atoms with van der Waals surface area (Å²) in [5, 5.41) is 0. The van der Waals surface area contributed by atoms with E-state index in [9.17, 15) is 4.79 Å². The first-order valence-electron chi connectivity index (χ1n) is 8.70. The van der Waals surface area contributed by atoms with Gasteiger partial charge in [0.15, 0.2) is 0 Å². The van der Waals surface area contributed by atoms with Crippen LogP contribution in [0.3, 0.4) is 0 Å². The summed E-state index contributed by atoms with van der Waals surface area (Å²) in [6.45, 7) is 0. The van der Waals surface area contributed by atoms with Crippen LogP contribution in [0, 0.1) is 17.8 Å². The molecule has 0 N–H and O–H groups in total. The van der Waals surface area contributed by atoms with Gasteiger partial charge in [-0.15, -0.1) is 0 Å². The highest BCUT2D eigenvalue weighted by Gasteiger charge is 2.38. The molecular weight excluding hydrogens is 308 g/mol. The second kappa shape index (κ2) is 6.94. The van der Waals surface area contributed by atoms with Gasteiger partial charge in [0.2, 0.25) is 0 Å². The number of ether oxygens (including phenoxy) is 1. The second-order valence-corrected chi connectivity index (χ2v) is 6.42. The standard InChI is InChI=1S/C23H20O2/c24-23(17-11-5-1-2-6-12-17)25-22-20-15-9-3-7-13-18(20)19-14-8-4-10-16-21(19)22/h1-15,17-19H,16H2/t18-,19+/m1/s1. The highest BCUT2D eigenvalue weighted by Crippen LogP contribution is 2.46. The van der Waals surface area contributed by atoms with Crippen molar-refractivity contribution in [3.05, 3.63) is 108 Å². The lowest BCUT2D eigenvalue weighted by molar-refractivity contribution is -0.140. The monoisotopic (exact) mass is 328 g/mol. The fourth-order valence-electron chi connectivity index (χ4n) is 3.65. The van der Waals surface area contributed by atoms with Gasteiger partial charge in [-0.1, -0.05) is 91.1 Å². The van der Waals surface area contributed by atoms with E-state index in [4.69, 9.17) is 4.74 Å². The average Bonchev–Trinajstić information content (AvgIpc) is 3.02. The molecule has 2 nitrogen and oxygen atoms in total. The zero-order valence-electron chi connectivity index (χ0n) is 13.9. The van der Waals surface area contributed by atoms with E-state index < -0.39 is 0 Å². The third-order valence-corrected chi connectivity index (χ3v) is 4.87. The molecule has 0 bridgehead atoms. The maximum atomic E-state index is 12.7. The summed E-state index contributed by atoms with van der Waals surface area (Å²) in [6, 6.07) is 0. The van der Waals surface area contributed by atoms with E-state index in [0.717, 1.165) is 17.8 Å². The number of fused-ring (bicyclic) bond motifs is 3. The summed E-state index contributed by atoms with van der Waals surface area (Å²) in [5.74, 6) is 0.655. The van der Waals surface area contributed by atoms with E-state index in [0.29, 0.717) is 0 Å². The lowest BCUT2D eigenvalue weighted by atomic mass is 9.88. The minimum Gasteiger partial charge on any atom is -0.426 e. The molecule has 0 saturated carbocycles. The molecule has 2 atom stereocenters. The number of rotatable bonds is 2. The van der Waals surface area contributed by atoms with Crippen molar-refractivity contribution in [3.8, 4) is 0 Å². The lowest BCUT2D eigenvalue weighted by Gasteiger charge is -2.15. The highest BCUT2D eigenvalue weighted by atomic mass is 16.5. The van der Waals surface area contributed by atoms with Crippen LogP contribution in [0.15, 0.2) is 108 Å². The Hall–Kier alpha value is -2.87. The smallest absolute Gasteiger partial charge is 0.322 e. The number of carbonyl (C=O) groups is 1. The van der Waals surface area contributed by atoms with E-state index >= 15 is 0 Å². The van der Waals surface area contributed by atoms with Crippen molar-refractivity contribution in [2.45, 2.75) is 6.42 Å². The van der Waals surface area contributed by atoms with Crippen LogP contribution in [-0.2, 0) is 9.53 Å². The van der Waals surface area contributed by atoms with Crippen LogP contribution in [0.25, 0.3) is 0 Å². The summed E-state index contributed by atoms with van der Waals surface area (Å²) in [6.07, 6.45) is 31.0. The fourth-order valence-corrected chi connectivity index (χ4v) is 3.65. The van der Waals surface area contributed by atoms with Crippen LogP contribution in [0.5, 0.6) is 0 Å². The van der Waals surface area contributed by atoms with E-state index in [1.807, 2.05) is 48.6 Å². The lowest BCUT2D eigenvalue weighted by Crippen LogP contribution is -2.14. The molecule has 0 aromatic rings. The van der Waals surface area contributed by atoms with Crippen LogP contribution in [0.4, 0.5) is 0 Å². The van der Waals surface area contributed by atoms with Gasteiger partial charge in [-0.2, -0.15) is 0 Å². The number of hydrogen-bond acceptors (Lipinski definition) is 2. The number of carbonyl (C=O) groups excluding carboxylic acids is 1. The maximum Gasteiger partial charge on any atom is 0.322 e. The summed E-state index contributed by atoms with van der Waals surface area (Å²) < 4.78 is 5.96. The van der Waals surface area contributed by atoms with E-state index in [1.54, 1.807) is 0 Å². The molecule has 0 unspecified atom stereocenters. The minimum atomic E-state index is -0.352. The molecule has 0 amide bonds. The van der Waals surface area contributed by atoms with E-state index in [-0.39, 0.29) is 23.7 Å². The second-order valence-electron chi connectivity index (χ2n) is 6.42. The van der Waals surface area contributed by atoms with Crippen molar-refractivity contribution in [1.82, 2.24) is 0 Å². The SMILES string of the molecule is O=C(OC1=C2CC=CC=C[C@H]2[C@H]2C=CC=CC=C12)C1C=CC=CC=C1. The summed E-state index contributed by atoms with van der Waals surface area (Å²) in [4.78, 5) is 12.7. The Bertz CT molecular complexity index is 821. The van der Waals surface area contributed by atoms with Gasteiger partial charge in [0.05, 0.1) is 5.92 Å². The van der Waals surface area contributed by atoms with Crippen molar-refractivity contribution < 1.29 is 9.53 Å². The summed E-state index contributed by atoms with van der Waals surface area (Å²) in [7, 11) is 0. The predicted octanol–water partition coefficient (Wildman–Crippen LogP) is 4.90. The topological polar surface area (TPSA) is 26.3 Å². The molecule has 0 radical (unpaired) electrons. The van der Waals surface area contributed by atoms with Crippen LogP contribution in [-0.4, -0.2) is 5.97 Å². The first kappa shape index (κ1) is 15.6. The third-order valence-electron chi connectivity index (χ3n) is 4.87. The third kappa shape index (κ3) is 3.08. The van der Waals surface area contributed by atoms with Gasteiger partial charge >= 0.3 is 5.97 Å². The first-order valence-corrected chi connectivity index (χ1v) is 8.70. The number of hydrogen-bond donors (Lipinski definition) is 0. The Kier molecular flexibility index (Phi) is 4.34. The molecular formula is C23H20O2. The zero-order valence-corrected chi connectivity index (χ0v) is 13.9. The van der Waals surface area contributed by atoms with Crippen LogP contribution >= 0.6 is 0 Å². The maximum absolute atomic E-state index is 12.7. The molecule has 0 aromatic carbocycles. The van der Waals surface area contributed by atoms with Gasteiger partial charge in [-0.3, -0.25) is 4.79 Å². The predicted molar refractivity (Wildman–Crippen MR) is 100 cm³/mol. The van der Waals surface area contributed by atoms with Crippen LogP contribution in [0.2, 0.25) is 0 Å². The van der Waals surface area contributed by atoms with Gasteiger partial charge in [0.25, 0.3) is 0 Å². The average molecular weight is 328 g/mol. The van der Waals surface area contributed by atoms with Crippen molar-refractivity contribution >= 4 is 5.97 Å². The molecule has 0 saturated heterocycles. The number of allylic oxidation sites excluding steroid dienone is 15. The molecule has 124 valence electrons. The Morgan fingerprint density at radius 2 is 1.48 bits per heavy atom. The van der Waals surface area contributed by atoms with Crippen molar-refractivity contribution in [3.63, 3.8) is 0 Å². The molecule has 25 heavy (non-hydrogen) atoms. The molecule has 4 aliphatic carbocycles. The quantitative estimate of drug-likeness (QED) is 0.674. The van der Waals surface area contributed by atoms with E-state index in [1.165, 1.54) is 5.57 Å². The minimum absolute atomic E-state index is 0.228. The van der Waals surface area contributed by atoms with Crippen LogP contribution < -0.4 is 0 Å². The molecule has 0 heterocycles. The largest absolute Gasteiger partial charge is 0.426 e. The number of esters is 1. The van der Waals surface area contributed by atoms with Crippen molar-refractivity contribution in [1.29, 1.82) is 0 Å². The van der Waals surface area contributed by atoms with Gasteiger partial charge < -0.3 is 4.74 Å². The van der Waals surface area contributed by atoms with Crippen molar-refractivity contribution in [2.24, 2.45) is 17.8 Å². The molecule has 0 fully saturated rings. The Morgan fingerprint density at radius 3 is 2.32 bits per heavy atom. The summed E-state index contributed by atoms with van der Waals surface area (Å²) >= 11 is 0. The van der Waals surface area contributed by atoms with E-state index in [2.05, 4.69) is 42.5 Å².